The maximum absolute atomic E-state index is 11.6. The zero-order chi connectivity index (χ0) is 19.0. The molecule has 27 heavy (non-hydrogen) atoms. The van der Waals surface area contributed by atoms with Gasteiger partial charge in [-0.2, -0.15) is 0 Å². The van der Waals surface area contributed by atoms with Gasteiger partial charge in [-0.15, -0.1) is 0 Å². The van der Waals surface area contributed by atoms with Crippen LogP contribution in [0.2, 0.25) is 0 Å². The van der Waals surface area contributed by atoms with Gasteiger partial charge in [0, 0.05) is 6.54 Å². The summed E-state index contributed by atoms with van der Waals surface area (Å²) < 4.78 is 11.0. The highest BCUT2D eigenvalue weighted by Gasteiger charge is 2.32. The second-order valence-corrected chi connectivity index (χ2v) is 7.55. The van der Waals surface area contributed by atoms with Gasteiger partial charge in [0.2, 0.25) is 6.79 Å². The Labute approximate surface area is 159 Å². The number of hydrogen-bond donors (Lipinski definition) is 1. The van der Waals surface area contributed by atoms with Crippen LogP contribution >= 0.6 is 0 Å². The van der Waals surface area contributed by atoms with Crippen LogP contribution in [0.15, 0.2) is 36.4 Å². The van der Waals surface area contributed by atoms with Crippen LogP contribution in [0.3, 0.4) is 0 Å². The number of aryl methyl sites for hydroxylation is 2. The highest BCUT2D eigenvalue weighted by Crippen LogP contribution is 2.40. The number of carboxylic acid groups (broad SMARTS) is 1. The minimum atomic E-state index is -0.704. The van der Waals surface area contributed by atoms with Crippen molar-refractivity contribution in [2.75, 3.05) is 19.9 Å². The smallest absolute Gasteiger partial charge is 0.307 e. The van der Waals surface area contributed by atoms with Gasteiger partial charge in [-0.05, 0) is 62.1 Å². The van der Waals surface area contributed by atoms with Crippen LogP contribution in [0, 0.1) is 19.8 Å². The van der Waals surface area contributed by atoms with Gasteiger partial charge in [-0.25, -0.2) is 0 Å². The van der Waals surface area contributed by atoms with E-state index < -0.39 is 5.97 Å². The largest absolute Gasteiger partial charge is 0.481 e. The molecule has 2 aromatic rings. The molecular formula is C22H25NO4. The van der Waals surface area contributed by atoms with Crippen LogP contribution in [-0.4, -0.2) is 35.9 Å². The fraction of sp³-hybridized carbons (Fsp3) is 0.409. The summed E-state index contributed by atoms with van der Waals surface area (Å²) in [5, 5.41) is 9.53. The molecule has 0 radical (unpaired) electrons. The number of ether oxygens (including phenoxy) is 2. The standard InChI is InChI=1S/C22H25NO4/c1-14-5-7-18(15(2)10-14)21(23-9-3-4-17(12-23)22(24)25)16-6-8-19-20(11-16)27-13-26-19/h5-8,10-11,17,21H,3-4,9,12-13H2,1-2H3,(H,24,25). The Bertz CT molecular complexity index is 863. The zero-order valence-electron chi connectivity index (χ0n) is 15.8. The lowest BCUT2D eigenvalue weighted by Gasteiger charge is -2.38. The molecule has 0 saturated carbocycles. The number of carbonyl (C=O) groups is 1. The van der Waals surface area contributed by atoms with E-state index in [1.807, 2.05) is 12.1 Å². The molecule has 0 bridgehead atoms. The molecule has 0 aliphatic carbocycles. The summed E-state index contributed by atoms with van der Waals surface area (Å²) in [5.74, 6) is 0.500. The molecule has 5 nitrogen and oxygen atoms in total. The quantitative estimate of drug-likeness (QED) is 0.888. The summed E-state index contributed by atoms with van der Waals surface area (Å²) in [5.41, 5.74) is 4.76. The summed E-state index contributed by atoms with van der Waals surface area (Å²) >= 11 is 0. The molecule has 2 aliphatic rings. The SMILES string of the molecule is Cc1ccc(C(c2ccc3c(c2)OCO3)N2CCCC(C(=O)O)C2)c(C)c1. The summed E-state index contributed by atoms with van der Waals surface area (Å²) in [7, 11) is 0. The number of carboxylic acids is 1. The van der Waals surface area contributed by atoms with Crippen LogP contribution in [0.4, 0.5) is 0 Å². The van der Waals surface area contributed by atoms with Gasteiger partial charge in [-0.3, -0.25) is 9.69 Å². The Morgan fingerprint density at radius 1 is 1.15 bits per heavy atom. The van der Waals surface area contributed by atoms with Gasteiger partial charge in [0.05, 0.1) is 12.0 Å². The molecule has 1 fully saturated rings. The van der Waals surface area contributed by atoms with Crippen LogP contribution in [0.1, 0.15) is 41.1 Å². The lowest BCUT2D eigenvalue weighted by Crippen LogP contribution is -2.41. The van der Waals surface area contributed by atoms with Crippen molar-refractivity contribution in [1.29, 1.82) is 0 Å². The first-order valence-electron chi connectivity index (χ1n) is 9.46. The molecule has 0 amide bonds. The van der Waals surface area contributed by atoms with E-state index >= 15 is 0 Å². The Balaban J connectivity index is 1.76. The predicted octanol–water partition coefficient (Wildman–Crippen LogP) is 3.92. The number of aliphatic carboxylic acids is 1. The minimum Gasteiger partial charge on any atom is -0.481 e. The summed E-state index contributed by atoms with van der Waals surface area (Å²) in [6.45, 7) is 5.91. The molecule has 0 spiro atoms. The maximum Gasteiger partial charge on any atom is 0.307 e. The number of nitrogens with zero attached hydrogens (tertiary/aromatic N) is 1. The molecular weight excluding hydrogens is 342 g/mol. The molecule has 4 rings (SSSR count). The second kappa shape index (κ2) is 7.24. The first kappa shape index (κ1) is 17.9. The molecule has 2 atom stereocenters. The summed E-state index contributed by atoms with van der Waals surface area (Å²) in [6, 6.07) is 12.5. The van der Waals surface area contributed by atoms with Crippen molar-refractivity contribution < 1.29 is 19.4 Å². The topological polar surface area (TPSA) is 59.0 Å². The van der Waals surface area contributed by atoms with E-state index in [4.69, 9.17) is 9.47 Å². The highest BCUT2D eigenvalue weighted by atomic mass is 16.7. The van der Waals surface area contributed by atoms with Crippen molar-refractivity contribution in [3.63, 3.8) is 0 Å². The molecule has 1 N–H and O–H groups in total. The van der Waals surface area contributed by atoms with E-state index in [0.717, 1.165) is 36.4 Å². The molecule has 2 heterocycles. The number of hydrogen-bond acceptors (Lipinski definition) is 4. The molecule has 0 aromatic heterocycles. The van der Waals surface area contributed by atoms with Crippen molar-refractivity contribution in [1.82, 2.24) is 4.90 Å². The van der Waals surface area contributed by atoms with Crippen LogP contribution in [0.5, 0.6) is 11.5 Å². The average molecular weight is 367 g/mol. The first-order valence-corrected chi connectivity index (χ1v) is 9.46. The van der Waals surface area contributed by atoms with Crippen molar-refractivity contribution >= 4 is 5.97 Å². The number of piperidine rings is 1. The third-order valence-corrected chi connectivity index (χ3v) is 5.60. The van der Waals surface area contributed by atoms with Crippen molar-refractivity contribution in [2.24, 2.45) is 5.92 Å². The van der Waals surface area contributed by atoms with E-state index in [1.165, 1.54) is 16.7 Å². The predicted molar refractivity (Wildman–Crippen MR) is 102 cm³/mol. The molecule has 2 aromatic carbocycles. The summed E-state index contributed by atoms with van der Waals surface area (Å²) in [4.78, 5) is 13.9. The van der Waals surface area contributed by atoms with Crippen LogP contribution in [-0.2, 0) is 4.79 Å². The first-order chi connectivity index (χ1) is 13.0. The van der Waals surface area contributed by atoms with E-state index in [-0.39, 0.29) is 18.8 Å². The molecule has 1 saturated heterocycles. The molecule has 5 heteroatoms. The Morgan fingerprint density at radius 3 is 2.74 bits per heavy atom. The van der Waals surface area contributed by atoms with Crippen molar-refractivity contribution in [2.45, 2.75) is 32.7 Å². The van der Waals surface area contributed by atoms with Gasteiger partial charge in [0.15, 0.2) is 11.5 Å². The molecule has 2 unspecified atom stereocenters. The maximum atomic E-state index is 11.6. The van der Waals surface area contributed by atoms with Crippen molar-refractivity contribution in [3.05, 3.63) is 58.7 Å². The highest BCUT2D eigenvalue weighted by molar-refractivity contribution is 5.70. The van der Waals surface area contributed by atoms with Gasteiger partial charge >= 0.3 is 5.97 Å². The Kier molecular flexibility index (Phi) is 4.79. The lowest BCUT2D eigenvalue weighted by atomic mass is 9.89. The third-order valence-electron chi connectivity index (χ3n) is 5.60. The number of rotatable bonds is 4. The fourth-order valence-electron chi connectivity index (χ4n) is 4.25. The average Bonchev–Trinajstić information content (AvgIpc) is 3.12. The van der Waals surface area contributed by atoms with E-state index in [9.17, 15) is 9.90 Å². The minimum absolute atomic E-state index is 0.00208. The van der Waals surface area contributed by atoms with Gasteiger partial charge < -0.3 is 14.6 Å². The Hall–Kier alpha value is -2.53. The normalized spacial score (nSPS) is 20.4. The number of fused-ring (bicyclic) bond motifs is 1. The van der Waals surface area contributed by atoms with Crippen molar-refractivity contribution in [3.8, 4) is 11.5 Å². The van der Waals surface area contributed by atoms with Gasteiger partial charge in [0.1, 0.15) is 0 Å². The van der Waals surface area contributed by atoms with Gasteiger partial charge in [0.25, 0.3) is 0 Å². The molecule has 2 aliphatic heterocycles. The third kappa shape index (κ3) is 3.52. The van der Waals surface area contributed by atoms with E-state index in [0.29, 0.717) is 6.54 Å². The number of benzene rings is 2. The molecule has 142 valence electrons. The second-order valence-electron chi connectivity index (χ2n) is 7.55. The van der Waals surface area contributed by atoms with Gasteiger partial charge in [-0.1, -0.05) is 29.8 Å². The van der Waals surface area contributed by atoms with E-state index in [1.54, 1.807) is 0 Å². The monoisotopic (exact) mass is 367 g/mol. The fourth-order valence-corrected chi connectivity index (χ4v) is 4.25. The zero-order valence-corrected chi connectivity index (χ0v) is 15.8. The number of likely N-dealkylation sites (tertiary alicyclic amines) is 1. The lowest BCUT2D eigenvalue weighted by molar-refractivity contribution is -0.143. The van der Waals surface area contributed by atoms with Crippen LogP contribution < -0.4 is 9.47 Å². The Morgan fingerprint density at radius 2 is 1.96 bits per heavy atom. The van der Waals surface area contributed by atoms with Crippen LogP contribution in [0.25, 0.3) is 0 Å². The van der Waals surface area contributed by atoms with E-state index in [2.05, 4.69) is 43.0 Å². The summed E-state index contributed by atoms with van der Waals surface area (Å²) in [6.07, 6.45) is 1.63.